The van der Waals surface area contributed by atoms with Gasteiger partial charge in [0.25, 0.3) is 0 Å². The first-order chi connectivity index (χ1) is 12.9. The number of nitrogens with zero attached hydrogens (tertiary/aromatic N) is 1. The SMILES string of the molecule is O=C(O)CCSSCCNC(=O)C1CCN(S(=O)(=O)c2ccccc2)CC1. The smallest absolute Gasteiger partial charge is 0.304 e. The van der Waals surface area contributed by atoms with Crippen molar-refractivity contribution in [2.45, 2.75) is 24.2 Å². The minimum absolute atomic E-state index is 0.0390. The zero-order valence-electron chi connectivity index (χ0n) is 14.9. The topological polar surface area (TPSA) is 104 Å². The minimum Gasteiger partial charge on any atom is -0.481 e. The lowest BCUT2D eigenvalue weighted by Gasteiger charge is -2.30. The second kappa shape index (κ2) is 10.9. The van der Waals surface area contributed by atoms with Crippen LogP contribution in [-0.4, -0.2) is 60.8 Å². The van der Waals surface area contributed by atoms with Crippen molar-refractivity contribution in [1.29, 1.82) is 0 Å². The Balaban J connectivity index is 1.68. The van der Waals surface area contributed by atoms with Crippen molar-refractivity contribution in [2.24, 2.45) is 5.92 Å². The second-order valence-electron chi connectivity index (χ2n) is 6.07. The van der Waals surface area contributed by atoms with Crippen LogP contribution in [-0.2, 0) is 19.6 Å². The van der Waals surface area contributed by atoms with Gasteiger partial charge in [-0.3, -0.25) is 9.59 Å². The summed E-state index contributed by atoms with van der Waals surface area (Å²) in [6.07, 6.45) is 1.16. The molecule has 0 aromatic heterocycles. The summed E-state index contributed by atoms with van der Waals surface area (Å²) < 4.78 is 26.6. The first-order valence-corrected chi connectivity index (χ1v) is 12.6. The maximum atomic E-state index is 12.6. The molecule has 150 valence electrons. The lowest BCUT2D eigenvalue weighted by molar-refractivity contribution is -0.136. The highest BCUT2D eigenvalue weighted by molar-refractivity contribution is 8.76. The molecule has 1 aliphatic heterocycles. The highest BCUT2D eigenvalue weighted by Crippen LogP contribution is 2.24. The average Bonchev–Trinajstić information content (AvgIpc) is 2.67. The summed E-state index contributed by atoms with van der Waals surface area (Å²) in [6, 6.07) is 8.34. The van der Waals surface area contributed by atoms with Gasteiger partial charge in [0.2, 0.25) is 15.9 Å². The molecule has 1 saturated heterocycles. The Morgan fingerprint density at radius 3 is 2.37 bits per heavy atom. The molecule has 10 heteroatoms. The predicted octanol–water partition coefficient (Wildman–Crippen LogP) is 2.06. The van der Waals surface area contributed by atoms with Gasteiger partial charge in [0, 0.05) is 37.1 Å². The molecule has 1 aromatic carbocycles. The van der Waals surface area contributed by atoms with Crippen LogP contribution in [0.3, 0.4) is 0 Å². The Morgan fingerprint density at radius 1 is 1.11 bits per heavy atom. The van der Waals surface area contributed by atoms with Crippen LogP contribution in [0.2, 0.25) is 0 Å². The number of carbonyl (C=O) groups excluding carboxylic acids is 1. The minimum atomic E-state index is -3.49. The third kappa shape index (κ3) is 7.02. The van der Waals surface area contributed by atoms with Gasteiger partial charge in [-0.25, -0.2) is 8.42 Å². The summed E-state index contributed by atoms with van der Waals surface area (Å²) in [4.78, 5) is 22.9. The molecule has 0 unspecified atom stereocenters. The Hall–Kier alpha value is -1.23. The summed E-state index contributed by atoms with van der Waals surface area (Å²) in [7, 11) is -0.476. The van der Waals surface area contributed by atoms with Gasteiger partial charge in [0.05, 0.1) is 11.3 Å². The molecule has 0 aliphatic carbocycles. The highest BCUT2D eigenvalue weighted by Gasteiger charge is 2.31. The summed E-state index contributed by atoms with van der Waals surface area (Å²) in [5, 5.41) is 11.4. The van der Waals surface area contributed by atoms with Crippen molar-refractivity contribution in [2.75, 3.05) is 31.1 Å². The molecule has 2 rings (SSSR count). The zero-order chi connectivity index (χ0) is 19.7. The number of piperidine rings is 1. The van der Waals surface area contributed by atoms with E-state index in [9.17, 15) is 18.0 Å². The maximum Gasteiger partial charge on any atom is 0.304 e. The van der Waals surface area contributed by atoms with Crippen molar-refractivity contribution in [1.82, 2.24) is 9.62 Å². The Morgan fingerprint density at radius 2 is 1.74 bits per heavy atom. The van der Waals surface area contributed by atoms with Gasteiger partial charge in [-0.05, 0) is 25.0 Å². The summed E-state index contributed by atoms with van der Waals surface area (Å²) in [6.45, 7) is 1.20. The summed E-state index contributed by atoms with van der Waals surface area (Å²) >= 11 is 0. The van der Waals surface area contributed by atoms with E-state index < -0.39 is 16.0 Å². The quantitative estimate of drug-likeness (QED) is 0.431. The number of aliphatic carboxylic acids is 1. The van der Waals surface area contributed by atoms with Crippen LogP contribution in [0.25, 0.3) is 0 Å². The molecule has 0 bridgehead atoms. The number of rotatable bonds is 10. The van der Waals surface area contributed by atoms with Gasteiger partial charge >= 0.3 is 5.97 Å². The van der Waals surface area contributed by atoms with E-state index in [4.69, 9.17) is 5.11 Å². The highest BCUT2D eigenvalue weighted by atomic mass is 33.1. The molecule has 7 nitrogen and oxygen atoms in total. The molecule has 1 aromatic rings. The van der Waals surface area contributed by atoms with Gasteiger partial charge in [0.15, 0.2) is 0 Å². The van der Waals surface area contributed by atoms with E-state index in [0.29, 0.717) is 44.0 Å². The number of carboxylic acid groups (broad SMARTS) is 1. The average molecular weight is 433 g/mol. The molecule has 0 saturated carbocycles. The number of carboxylic acids is 1. The van der Waals surface area contributed by atoms with Crippen LogP contribution in [0.4, 0.5) is 0 Å². The first-order valence-electron chi connectivity index (χ1n) is 8.70. The number of hydrogen-bond donors (Lipinski definition) is 2. The van der Waals surface area contributed by atoms with Crippen molar-refractivity contribution >= 4 is 43.5 Å². The van der Waals surface area contributed by atoms with E-state index in [0.717, 1.165) is 0 Å². The molecule has 1 heterocycles. The van der Waals surface area contributed by atoms with Crippen molar-refractivity contribution in [3.63, 3.8) is 0 Å². The Kier molecular flexibility index (Phi) is 8.94. The van der Waals surface area contributed by atoms with Gasteiger partial charge in [-0.1, -0.05) is 39.8 Å². The predicted molar refractivity (Wildman–Crippen MR) is 108 cm³/mol. The largest absolute Gasteiger partial charge is 0.481 e. The molecule has 27 heavy (non-hydrogen) atoms. The molecular formula is C17H24N2O5S3. The molecule has 0 atom stereocenters. The molecule has 0 radical (unpaired) electrons. The van der Waals surface area contributed by atoms with Crippen LogP contribution < -0.4 is 5.32 Å². The normalized spacial score (nSPS) is 16.1. The third-order valence-corrected chi connectivity index (χ3v) is 8.49. The Bertz CT molecular complexity index is 719. The second-order valence-corrected chi connectivity index (χ2v) is 10.7. The van der Waals surface area contributed by atoms with E-state index in [-0.39, 0.29) is 23.1 Å². The van der Waals surface area contributed by atoms with Crippen LogP contribution in [0.15, 0.2) is 35.2 Å². The fourth-order valence-electron chi connectivity index (χ4n) is 2.71. The molecular weight excluding hydrogens is 408 g/mol. The number of carbonyl (C=O) groups is 2. The van der Waals surface area contributed by atoms with Crippen LogP contribution in [0, 0.1) is 5.92 Å². The van der Waals surface area contributed by atoms with E-state index >= 15 is 0 Å². The summed E-state index contributed by atoms with van der Waals surface area (Å²) in [5.41, 5.74) is 0. The third-order valence-electron chi connectivity index (χ3n) is 4.17. The van der Waals surface area contributed by atoms with Gasteiger partial charge in [-0.2, -0.15) is 4.31 Å². The fourth-order valence-corrected chi connectivity index (χ4v) is 6.08. The molecule has 2 N–H and O–H groups in total. The summed E-state index contributed by atoms with van der Waals surface area (Å²) in [5.74, 6) is 0.233. The van der Waals surface area contributed by atoms with Gasteiger partial charge in [0.1, 0.15) is 0 Å². The van der Waals surface area contributed by atoms with E-state index in [1.807, 2.05) is 0 Å². The lowest BCUT2D eigenvalue weighted by atomic mass is 9.97. The lowest BCUT2D eigenvalue weighted by Crippen LogP contribution is -2.43. The number of nitrogens with one attached hydrogen (secondary N) is 1. The molecule has 1 amide bonds. The molecule has 1 aliphatic rings. The van der Waals surface area contributed by atoms with Crippen molar-refractivity contribution < 1.29 is 23.1 Å². The zero-order valence-corrected chi connectivity index (χ0v) is 17.3. The van der Waals surface area contributed by atoms with E-state index in [1.54, 1.807) is 30.3 Å². The molecule has 0 spiro atoms. The monoisotopic (exact) mass is 432 g/mol. The van der Waals surface area contributed by atoms with Crippen molar-refractivity contribution in [3.8, 4) is 0 Å². The number of amides is 1. The van der Waals surface area contributed by atoms with E-state index in [2.05, 4.69) is 5.32 Å². The fraction of sp³-hybridized carbons (Fsp3) is 0.529. The number of sulfonamides is 1. The number of hydrogen-bond acceptors (Lipinski definition) is 6. The van der Waals surface area contributed by atoms with Crippen LogP contribution in [0.5, 0.6) is 0 Å². The van der Waals surface area contributed by atoms with Crippen LogP contribution >= 0.6 is 21.6 Å². The van der Waals surface area contributed by atoms with Crippen molar-refractivity contribution in [3.05, 3.63) is 30.3 Å². The van der Waals surface area contributed by atoms with Crippen LogP contribution in [0.1, 0.15) is 19.3 Å². The number of benzene rings is 1. The Labute approximate surface area is 167 Å². The van der Waals surface area contributed by atoms with Gasteiger partial charge in [-0.15, -0.1) is 0 Å². The molecule has 1 fully saturated rings. The standard InChI is InChI=1S/C17H24N2O5S3/c20-16(21)8-12-25-26-13-9-18-17(22)14-6-10-19(11-7-14)27(23,24)15-4-2-1-3-5-15/h1-5,14H,6-13H2,(H,18,22)(H,20,21). The van der Waals surface area contributed by atoms with E-state index in [1.165, 1.54) is 25.9 Å². The first kappa shape index (κ1) is 22.1. The maximum absolute atomic E-state index is 12.6. The van der Waals surface area contributed by atoms with Gasteiger partial charge < -0.3 is 10.4 Å².